The molecule has 18 heavy (non-hydrogen) atoms. The lowest BCUT2D eigenvalue weighted by atomic mass is 10.0. The van der Waals surface area contributed by atoms with Gasteiger partial charge in [0.2, 0.25) is 0 Å². The molecule has 0 radical (unpaired) electrons. The molecule has 1 atom stereocenters. The predicted octanol–water partition coefficient (Wildman–Crippen LogP) is 3.53. The number of rotatable bonds is 3. The van der Waals surface area contributed by atoms with Crippen molar-refractivity contribution < 1.29 is 4.39 Å². The summed E-state index contributed by atoms with van der Waals surface area (Å²) in [7, 11) is 0. The summed E-state index contributed by atoms with van der Waals surface area (Å²) < 4.78 is 14.1. The number of pyridine rings is 1. The predicted molar refractivity (Wildman–Crippen MR) is 73.7 cm³/mol. The van der Waals surface area contributed by atoms with Crippen LogP contribution < -0.4 is 5.73 Å². The second kappa shape index (κ2) is 5.59. The molecule has 1 unspecified atom stereocenters. The Kier molecular flexibility index (Phi) is 4.09. The van der Waals surface area contributed by atoms with E-state index in [0.717, 1.165) is 21.3 Å². The maximum absolute atomic E-state index is 13.2. The van der Waals surface area contributed by atoms with Crippen LogP contribution in [0.3, 0.4) is 0 Å². The van der Waals surface area contributed by atoms with Crippen molar-refractivity contribution in [3.05, 3.63) is 63.6 Å². The Bertz CT molecular complexity index is 540. The van der Waals surface area contributed by atoms with Crippen LogP contribution in [0.25, 0.3) is 0 Å². The minimum Gasteiger partial charge on any atom is -0.324 e. The highest BCUT2D eigenvalue weighted by atomic mass is 79.9. The lowest BCUT2D eigenvalue weighted by molar-refractivity contribution is 0.621. The van der Waals surface area contributed by atoms with Crippen molar-refractivity contribution in [3.8, 4) is 0 Å². The lowest BCUT2D eigenvalue weighted by Gasteiger charge is -2.13. The Morgan fingerprint density at radius 2 is 2.11 bits per heavy atom. The molecule has 1 aromatic carbocycles. The largest absolute Gasteiger partial charge is 0.324 e. The fraction of sp³-hybridized carbons (Fsp3) is 0.214. The Morgan fingerprint density at radius 3 is 2.78 bits per heavy atom. The van der Waals surface area contributed by atoms with Crippen LogP contribution in [0.1, 0.15) is 22.9 Å². The van der Waals surface area contributed by atoms with Crippen LogP contribution in [0.2, 0.25) is 0 Å². The minimum atomic E-state index is -0.248. The van der Waals surface area contributed by atoms with E-state index >= 15 is 0 Å². The van der Waals surface area contributed by atoms with Crippen LogP contribution in [0.15, 0.2) is 41.0 Å². The van der Waals surface area contributed by atoms with Crippen LogP contribution in [-0.2, 0) is 6.42 Å². The first-order chi connectivity index (χ1) is 8.56. The molecule has 0 aliphatic heterocycles. The maximum atomic E-state index is 13.2. The minimum absolute atomic E-state index is 0.184. The molecule has 0 aliphatic carbocycles. The zero-order valence-electron chi connectivity index (χ0n) is 10.0. The average molecular weight is 309 g/mol. The normalized spacial score (nSPS) is 12.4. The molecule has 0 spiro atoms. The number of aromatic nitrogens is 1. The first-order valence-corrected chi connectivity index (χ1v) is 6.47. The molecule has 94 valence electrons. The topological polar surface area (TPSA) is 38.9 Å². The van der Waals surface area contributed by atoms with E-state index in [2.05, 4.69) is 20.9 Å². The van der Waals surface area contributed by atoms with E-state index in [4.69, 9.17) is 5.73 Å². The van der Waals surface area contributed by atoms with Crippen molar-refractivity contribution in [2.75, 3.05) is 0 Å². The summed E-state index contributed by atoms with van der Waals surface area (Å²) in [5, 5.41) is 0. The molecule has 2 rings (SSSR count). The summed E-state index contributed by atoms with van der Waals surface area (Å²) in [6.45, 7) is 1.93. The van der Waals surface area contributed by atoms with Crippen molar-refractivity contribution in [1.29, 1.82) is 0 Å². The van der Waals surface area contributed by atoms with Gasteiger partial charge < -0.3 is 5.73 Å². The summed E-state index contributed by atoms with van der Waals surface area (Å²) in [5.41, 5.74) is 8.89. The number of hydrogen-bond donors (Lipinski definition) is 1. The van der Waals surface area contributed by atoms with E-state index in [0.29, 0.717) is 6.42 Å². The lowest BCUT2D eigenvalue weighted by Crippen LogP contribution is -2.14. The molecule has 2 N–H and O–H groups in total. The number of hydrogen-bond acceptors (Lipinski definition) is 2. The molecule has 2 aromatic rings. The smallest absolute Gasteiger partial charge is 0.123 e. The fourth-order valence-corrected chi connectivity index (χ4v) is 2.16. The second-order valence-electron chi connectivity index (χ2n) is 4.28. The summed E-state index contributed by atoms with van der Waals surface area (Å²) >= 11 is 3.41. The monoisotopic (exact) mass is 308 g/mol. The molecule has 0 bridgehead atoms. The van der Waals surface area contributed by atoms with Crippen molar-refractivity contribution in [2.24, 2.45) is 5.73 Å². The molecule has 0 amide bonds. The molecule has 2 nitrogen and oxygen atoms in total. The number of benzene rings is 1. The highest BCUT2D eigenvalue weighted by Crippen LogP contribution is 2.23. The van der Waals surface area contributed by atoms with Crippen LogP contribution in [0.5, 0.6) is 0 Å². The summed E-state index contributed by atoms with van der Waals surface area (Å²) in [6, 6.07) is 8.33. The van der Waals surface area contributed by atoms with Crippen LogP contribution in [0.4, 0.5) is 4.39 Å². The van der Waals surface area contributed by atoms with E-state index in [1.165, 1.54) is 12.1 Å². The number of halogens is 2. The quantitative estimate of drug-likeness (QED) is 0.942. The average Bonchev–Trinajstić information content (AvgIpc) is 2.34. The van der Waals surface area contributed by atoms with Crippen molar-refractivity contribution >= 4 is 15.9 Å². The van der Waals surface area contributed by atoms with E-state index in [9.17, 15) is 4.39 Å². The van der Waals surface area contributed by atoms with E-state index < -0.39 is 0 Å². The summed E-state index contributed by atoms with van der Waals surface area (Å²) in [5.74, 6) is -0.248. The van der Waals surface area contributed by atoms with E-state index in [1.54, 1.807) is 12.3 Å². The van der Waals surface area contributed by atoms with Gasteiger partial charge in [0.25, 0.3) is 0 Å². The number of aryl methyl sites for hydroxylation is 1. The van der Waals surface area contributed by atoms with Gasteiger partial charge in [0.05, 0.1) is 0 Å². The van der Waals surface area contributed by atoms with E-state index in [1.807, 2.05) is 19.1 Å². The van der Waals surface area contributed by atoms with Gasteiger partial charge in [-0.25, -0.2) is 4.39 Å². The van der Waals surface area contributed by atoms with Crippen LogP contribution in [-0.4, -0.2) is 4.98 Å². The zero-order valence-corrected chi connectivity index (χ0v) is 11.6. The van der Waals surface area contributed by atoms with Gasteiger partial charge in [-0.05, 0) is 48.7 Å². The summed E-state index contributed by atoms with van der Waals surface area (Å²) in [6.07, 6.45) is 2.34. The zero-order chi connectivity index (χ0) is 13.1. The standard InChI is InChI=1S/C14H14BrFN2/c1-9-2-3-10(8-18-9)14(17)7-11-6-12(16)4-5-13(11)15/h2-6,8,14H,7,17H2,1H3. The van der Waals surface area contributed by atoms with Gasteiger partial charge >= 0.3 is 0 Å². The SMILES string of the molecule is Cc1ccc(C(N)Cc2cc(F)ccc2Br)cn1. The molecule has 0 fully saturated rings. The maximum Gasteiger partial charge on any atom is 0.123 e. The molecular formula is C14H14BrFN2. The van der Waals surface area contributed by atoms with Crippen molar-refractivity contribution in [1.82, 2.24) is 4.98 Å². The third-order valence-corrected chi connectivity index (χ3v) is 3.58. The van der Waals surface area contributed by atoms with Gasteiger partial charge in [-0.15, -0.1) is 0 Å². The highest BCUT2D eigenvalue weighted by molar-refractivity contribution is 9.10. The fourth-order valence-electron chi connectivity index (χ4n) is 1.75. The third kappa shape index (κ3) is 3.15. The van der Waals surface area contributed by atoms with E-state index in [-0.39, 0.29) is 11.9 Å². The van der Waals surface area contributed by atoms with Gasteiger partial charge in [-0.3, -0.25) is 4.98 Å². The molecule has 0 aliphatic rings. The molecular weight excluding hydrogens is 295 g/mol. The highest BCUT2D eigenvalue weighted by Gasteiger charge is 2.10. The van der Waals surface area contributed by atoms with Gasteiger partial charge in [0.15, 0.2) is 0 Å². The van der Waals surface area contributed by atoms with Gasteiger partial charge in [0.1, 0.15) is 5.82 Å². The number of nitrogens with two attached hydrogens (primary N) is 1. The van der Waals surface area contributed by atoms with Crippen LogP contribution >= 0.6 is 15.9 Å². The van der Waals surface area contributed by atoms with Crippen LogP contribution in [0, 0.1) is 12.7 Å². The Labute approximate surface area is 114 Å². The van der Waals surface area contributed by atoms with Gasteiger partial charge in [-0.1, -0.05) is 22.0 Å². The number of nitrogens with zero attached hydrogens (tertiary/aromatic N) is 1. The van der Waals surface area contributed by atoms with Crippen molar-refractivity contribution in [3.63, 3.8) is 0 Å². The molecule has 4 heteroatoms. The first kappa shape index (κ1) is 13.2. The Morgan fingerprint density at radius 1 is 1.33 bits per heavy atom. The van der Waals surface area contributed by atoms with Crippen molar-refractivity contribution in [2.45, 2.75) is 19.4 Å². The third-order valence-electron chi connectivity index (χ3n) is 2.81. The summed E-state index contributed by atoms with van der Waals surface area (Å²) in [4.78, 5) is 4.22. The first-order valence-electron chi connectivity index (χ1n) is 5.68. The molecule has 1 aromatic heterocycles. The van der Waals surface area contributed by atoms with Gasteiger partial charge in [0, 0.05) is 22.4 Å². The molecule has 1 heterocycles. The molecule has 0 saturated carbocycles. The molecule has 0 saturated heterocycles. The Balaban J connectivity index is 2.18. The Hall–Kier alpha value is -1.26. The van der Waals surface area contributed by atoms with Gasteiger partial charge in [-0.2, -0.15) is 0 Å². The second-order valence-corrected chi connectivity index (χ2v) is 5.13.